The molecule has 0 saturated heterocycles. The summed E-state index contributed by atoms with van der Waals surface area (Å²) >= 11 is 0. The van der Waals surface area contributed by atoms with Crippen molar-refractivity contribution in [2.24, 2.45) is 5.41 Å². The molecule has 27 heavy (non-hydrogen) atoms. The van der Waals surface area contributed by atoms with Gasteiger partial charge in [0, 0.05) is 18.3 Å². The molecule has 0 aliphatic heterocycles. The molecular weight excluding hydrogens is 348 g/mol. The fourth-order valence-corrected chi connectivity index (χ4v) is 3.17. The third kappa shape index (κ3) is 4.27. The minimum atomic E-state index is -0.667. The van der Waals surface area contributed by atoms with Gasteiger partial charge in [-0.25, -0.2) is 4.98 Å². The van der Waals surface area contributed by atoms with Crippen molar-refractivity contribution in [3.63, 3.8) is 0 Å². The van der Waals surface area contributed by atoms with Crippen LogP contribution in [0.2, 0.25) is 0 Å². The number of rotatable bonds is 4. The number of methoxy groups -OCH3 is 1. The average molecular weight is 372 g/mol. The molecule has 0 bridgehead atoms. The zero-order valence-electron chi connectivity index (χ0n) is 15.7. The lowest BCUT2D eigenvalue weighted by Crippen LogP contribution is -2.39. The lowest BCUT2D eigenvalue weighted by Gasteiger charge is -2.34. The maximum atomic E-state index is 12.6. The van der Waals surface area contributed by atoms with Crippen LogP contribution in [-0.2, 0) is 0 Å². The molecule has 1 fully saturated rings. The largest absolute Gasteiger partial charge is 0.501 e. The summed E-state index contributed by atoms with van der Waals surface area (Å²) in [5, 5.41) is 22.9. The van der Waals surface area contributed by atoms with E-state index in [9.17, 15) is 15.0 Å². The second-order valence-electron chi connectivity index (χ2n) is 7.56. The van der Waals surface area contributed by atoms with E-state index in [0.29, 0.717) is 11.4 Å². The van der Waals surface area contributed by atoms with Crippen molar-refractivity contribution < 1.29 is 19.7 Å². The molecule has 3 N–H and O–H groups in total. The normalized spacial score (nSPS) is 16.7. The van der Waals surface area contributed by atoms with Crippen LogP contribution in [0.15, 0.2) is 18.3 Å². The summed E-state index contributed by atoms with van der Waals surface area (Å²) in [6.07, 6.45) is 5.25. The third-order valence-electron chi connectivity index (χ3n) is 4.95. The minimum Gasteiger partial charge on any atom is -0.501 e. The molecule has 0 aromatic carbocycles. The fraction of sp³-hybridized carbons (Fsp3) is 0.474. The molecule has 2 heterocycles. The molecule has 1 saturated carbocycles. The molecule has 3 rings (SSSR count). The molecule has 0 unspecified atom stereocenters. The predicted octanol–water partition coefficient (Wildman–Crippen LogP) is 2.66. The second kappa shape index (κ2) is 7.38. The number of carbonyl (C=O) groups is 1. The Morgan fingerprint density at radius 2 is 1.96 bits per heavy atom. The number of hydrogen-bond donors (Lipinski definition) is 3. The van der Waals surface area contributed by atoms with Gasteiger partial charge < -0.3 is 20.3 Å². The summed E-state index contributed by atoms with van der Waals surface area (Å²) in [5.41, 5.74) is 0.326. The van der Waals surface area contributed by atoms with E-state index < -0.39 is 17.5 Å². The standard InChI is InChI=1S/C19H24N4O4/c1-19(2)7-4-11(5-8-19)21-17(25)14-15(24)18(26)23-16(22-14)13-10-12(27-3)6-9-20-13/h6,9-11,24H,4-5,7-8H2,1-3H3,(H,21,25)(H,22,23,26). The van der Waals surface area contributed by atoms with Crippen molar-refractivity contribution in [1.29, 1.82) is 0 Å². The van der Waals surface area contributed by atoms with Crippen LogP contribution in [0, 0.1) is 5.41 Å². The first-order chi connectivity index (χ1) is 12.8. The summed E-state index contributed by atoms with van der Waals surface area (Å²) in [7, 11) is 1.51. The highest BCUT2D eigenvalue weighted by Crippen LogP contribution is 2.35. The van der Waals surface area contributed by atoms with Gasteiger partial charge in [0.05, 0.1) is 7.11 Å². The molecule has 2 aromatic rings. The van der Waals surface area contributed by atoms with Gasteiger partial charge in [0.2, 0.25) is 5.75 Å². The van der Waals surface area contributed by atoms with Crippen molar-refractivity contribution in [3.8, 4) is 28.9 Å². The van der Waals surface area contributed by atoms with E-state index in [2.05, 4.69) is 34.1 Å². The maximum Gasteiger partial charge on any atom is 0.274 e. The van der Waals surface area contributed by atoms with E-state index >= 15 is 0 Å². The Bertz CT molecular complexity index is 844. The zero-order valence-corrected chi connectivity index (χ0v) is 15.7. The fourth-order valence-electron chi connectivity index (χ4n) is 3.17. The van der Waals surface area contributed by atoms with Crippen LogP contribution in [0.25, 0.3) is 11.5 Å². The summed E-state index contributed by atoms with van der Waals surface area (Å²) < 4.78 is 5.14. The highest BCUT2D eigenvalue weighted by molar-refractivity contribution is 5.96. The lowest BCUT2D eigenvalue weighted by atomic mass is 9.75. The predicted molar refractivity (Wildman–Crippen MR) is 98.6 cm³/mol. The van der Waals surface area contributed by atoms with Gasteiger partial charge in [-0.05, 0) is 37.2 Å². The molecule has 1 aliphatic rings. The SMILES string of the molecule is COc1ccnc(-c2nc(O)c(O)c(C(=O)NC3CCC(C)(C)CC3)n2)c1. The number of nitrogens with zero attached hydrogens (tertiary/aromatic N) is 3. The van der Waals surface area contributed by atoms with E-state index in [-0.39, 0.29) is 23.0 Å². The Balaban J connectivity index is 1.84. The van der Waals surface area contributed by atoms with Crippen molar-refractivity contribution >= 4 is 5.91 Å². The summed E-state index contributed by atoms with van der Waals surface area (Å²) in [4.78, 5) is 24.7. The van der Waals surface area contributed by atoms with Crippen LogP contribution in [0.5, 0.6) is 17.4 Å². The molecule has 0 spiro atoms. The Hall–Kier alpha value is -2.90. The smallest absolute Gasteiger partial charge is 0.274 e. The molecule has 1 aliphatic carbocycles. The topological polar surface area (TPSA) is 117 Å². The van der Waals surface area contributed by atoms with Crippen LogP contribution in [0.4, 0.5) is 0 Å². The lowest BCUT2D eigenvalue weighted by molar-refractivity contribution is 0.0900. The quantitative estimate of drug-likeness (QED) is 0.755. The maximum absolute atomic E-state index is 12.6. The summed E-state index contributed by atoms with van der Waals surface area (Å²) in [6.45, 7) is 4.43. The van der Waals surface area contributed by atoms with Gasteiger partial charge in [0.1, 0.15) is 11.4 Å². The molecule has 144 valence electrons. The zero-order chi connectivity index (χ0) is 19.6. The van der Waals surface area contributed by atoms with Gasteiger partial charge in [-0.2, -0.15) is 4.98 Å². The number of aromatic hydroxyl groups is 2. The Kier molecular flexibility index (Phi) is 5.16. The monoisotopic (exact) mass is 372 g/mol. The molecular formula is C19H24N4O4. The molecule has 2 aromatic heterocycles. The number of pyridine rings is 1. The van der Waals surface area contributed by atoms with Gasteiger partial charge in [0.25, 0.3) is 11.8 Å². The van der Waals surface area contributed by atoms with Crippen LogP contribution < -0.4 is 10.1 Å². The van der Waals surface area contributed by atoms with Gasteiger partial charge in [-0.15, -0.1) is 0 Å². The van der Waals surface area contributed by atoms with Gasteiger partial charge in [0.15, 0.2) is 11.5 Å². The first-order valence-corrected chi connectivity index (χ1v) is 8.90. The highest BCUT2D eigenvalue weighted by atomic mass is 16.5. The van der Waals surface area contributed by atoms with Crippen molar-refractivity contribution in [1.82, 2.24) is 20.3 Å². The van der Waals surface area contributed by atoms with Gasteiger partial charge in [-0.3, -0.25) is 9.78 Å². The van der Waals surface area contributed by atoms with Crippen LogP contribution in [-0.4, -0.2) is 44.2 Å². The number of aromatic nitrogens is 3. The van der Waals surface area contributed by atoms with Crippen LogP contribution >= 0.6 is 0 Å². The number of amides is 1. The van der Waals surface area contributed by atoms with E-state index in [1.165, 1.54) is 13.3 Å². The van der Waals surface area contributed by atoms with Crippen molar-refractivity contribution in [3.05, 3.63) is 24.0 Å². The van der Waals surface area contributed by atoms with Gasteiger partial charge in [-0.1, -0.05) is 13.8 Å². The third-order valence-corrected chi connectivity index (χ3v) is 4.95. The number of nitrogens with one attached hydrogen (secondary N) is 1. The number of ether oxygens (including phenoxy) is 1. The van der Waals surface area contributed by atoms with Gasteiger partial charge >= 0.3 is 0 Å². The molecule has 0 atom stereocenters. The van der Waals surface area contributed by atoms with Crippen LogP contribution in [0.3, 0.4) is 0 Å². The average Bonchev–Trinajstić information content (AvgIpc) is 2.65. The summed E-state index contributed by atoms with van der Waals surface area (Å²) in [5.74, 6) is -1.29. The highest BCUT2D eigenvalue weighted by Gasteiger charge is 2.29. The van der Waals surface area contributed by atoms with E-state index in [1.54, 1.807) is 12.1 Å². The summed E-state index contributed by atoms with van der Waals surface area (Å²) in [6, 6.07) is 3.25. The second-order valence-corrected chi connectivity index (χ2v) is 7.56. The molecule has 8 heteroatoms. The number of hydrogen-bond acceptors (Lipinski definition) is 7. The Labute approximate surface area is 157 Å². The first-order valence-electron chi connectivity index (χ1n) is 8.90. The Morgan fingerprint density at radius 1 is 1.26 bits per heavy atom. The number of carbonyl (C=O) groups excluding carboxylic acids is 1. The van der Waals surface area contributed by atoms with E-state index in [0.717, 1.165) is 25.7 Å². The van der Waals surface area contributed by atoms with Crippen molar-refractivity contribution in [2.45, 2.75) is 45.6 Å². The van der Waals surface area contributed by atoms with E-state index in [1.807, 2.05) is 0 Å². The minimum absolute atomic E-state index is 0.0143. The molecule has 0 radical (unpaired) electrons. The van der Waals surface area contributed by atoms with E-state index in [4.69, 9.17) is 4.74 Å². The first kappa shape index (κ1) is 18.9. The molecule has 1 amide bonds. The van der Waals surface area contributed by atoms with Crippen molar-refractivity contribution in [2.75, 3.05) is 7.11 Å². The molecule has 8 nitrogen and oxygen atoms in total. The van der Waals surface area contributed by atoms with Crippen LogP contribution in [0.1, 0.15) is 50.0 Å². The Morgan fingerprint density at radius 3 is 2.63 bits per heavy atom.